The van der Waals surface area contributed by atoms with Crippen LogP contribution in [0.3, 0.4) is 0 Å². The Morgan fingerprint density at radius 2 is 1.95 bits per heavy atom. The maximum absolute atomic E-state index is 5.22. The van der Waals surface area contributed by atoms with E-state index in [1.54, 1.807) is 14.2 Å². The van der Waals surface area contributed by atoms with Crippen LogP contribution in [0.15, 0.2) is 35.3 Å². The lowest BCUT2D eigenvalue weighted by atomic mass is 10.1. The third-order valence-corrected chi connectivity index (χ3v) is 3.12. The van der Waals surface area contributed by atoms with Crippen LogP contribution in [0.5, 0.6) is 0 Å². The van der Waals surface area contributed by atoms with Crippen molar-refractivity contribution in [2.75, 3.05) is 20.7 Å². The van der Waals surface area contributed by atoms with Gasteiger partial charge in [-0.15, -0.1) is 0 Å². The van der Waals surface area contributed by atoms with Gasteiger partial charge in [-0.25, -0.2) is 0 Å². The van der Waals surface area contributed by atoms with Gasteiger partial charge in [0.15, 0.2) is 5.96 Å². The molecule has 0 aromatic heterocycles. The van der Waals surface area contributed by atoms with Gasteiger partial charge in [0.1, 0.15) is 0 Å². The predicted molar refractivity (Wildman–Crippen MR) is 80.4 cm³/mol. The SMILES string of the molecule is CN=C(NCCC(C)OC)NC(C)c1ccccc1. The molecule has 0 bridgehead atoms. The molecule has 2 N–H and O–H groups in total. The van der Waals surface area contributed by atoms with Gasteiger partial charge in [0.25, 0.3) is 0 Å². The Labute approximate surface area is 116 Å². The quantitative estimate of drug-likeness (QED) is 0.611. The van der Waals surface area contributed by atoms with Crippen LogP contribution in [0.25, 0.3) is 0 Å². The second-order valence-electron chi connectivity index (χ2n) is 4.61. The van der Waals surface area contributed by atoms with Gasteiger partial charge in [-0.05, 0) is 25.8 Å². The van der Waals surface area contributed by atoms with Crippen molar-refractivity contribution in [2.24, 2.45) is 4.99 Å². The number of hydrogen-bond donors (Lipinski definition) is 2. The van der Waals surface area contributed by atoms with Gasteiger partial charge < -0.3 is 15.4 Å². The summed E-state index contributed by atoms with van der Waals surface area (Å²) in [6, 6.07) is 10.6. The number of nitrogens with one attached hydrogen (secondary N) is 2. The average Bonchev–Trinajstić information content (AvgIpc) is 2.46. The number of rotatable bonds is 6. The van der Waals surface area contributed by atoms with E-state index in [2.05, 4.69) is 41.6 Å². The van der Waals surface area contributed by atoms with Crippen molar-refractivity contribution in [3.63, 3.8) is 0 Å². The summed E-state index contributed by atoms with van der Waals surface area (Å²) in [5.74, 6) is 0.819. The van der Waals surface area contributed by atoms with E-state index in [9.17, 15) is 0 Å². The molecule has 19 heavy (non-hydrogen) atoms. The molecule has 0 aliphatic rings. The first-order chi connectivity index (χ1) is 9.17. The molecule has 0 saturated heterocycles. The van der Waals surface area contributed by atoms with Crippen LogP contribution in [0, 0.1) is 0 Å². The summed E-state index contributed by atoms with van der Waals surface area (Å²) in [7, 11) is 3.52. The Balaban J connectivity index is 2.40. The minimum Gasteiger partial charge on any atom is -0.382 e. The van der Waals surface area contributed by atoms with E-state index in [1.807, 2.05) is 18.2 Å². The highest BCUT2D eigenvalue weighted by Crippen LogP contribution is 2.10. The second kappa shape index (κ2) is 8.53. The molecule has 1 aromatic carbocycles. The van der Waals surface area contributed by atoms with E-state index >= 15 is 0 Å². The summed E-state index contributed by atoms with van der Waals surface area (Å²) in [6.45, 7) is 5.03. The second-order valence-corrected chi connectivity index (χ2v) is 4.61. The number of nitrogens with zero attached hydrogens (tertiary/aromatic N) is 1. The average molecular weight is 263 g/mol. The number of aliphatic imine (C=N–C) groups is 1. The zero-order valence-electron chi connectivity index (χ0n) is 12.3. The maximum Gasteiger partial charge on any atom is 0.191 e. The molecule has 0 aliphatic heterocycles. The number of benzene rings is 1. The van der Waals surface area contributed by atoms with Crippen LogP contribution in [0.4, 0.5) is 0 Å². The fourth-order valence-electron chi connectivity index (χ4n) is 1.74. The maximum atomic E-state index is 5.22. The predicted octanol–water partition coefficient (Wildman–Crippen LogP) is 2.34. The molecule has 2 atom stereocenters. The molecule has 4 heteroatoms. The van der Waals surface area contributed by atoms with E-state index in [4.69, 9.17) is 4.74 Å². The number of ether oxygens (including phenoxy) is 1. The summed E-state index contributed by atoms with van der Waals surface area (Å²) in [6.07, 6.45) is 1.22. The molecule has 1 rings (SSSR count). The van der Waals surface area contributed by atoms with Crippen molar-refractivity contribution in [3.05, 3.63) is 35.9 Å². The van der Waals surface area contributed by atoms with Crippen molar-refractivity contribution in [2.45, 2.75) is 32.4 Å². The van der Waals surface area contributed by atoms with Gasteiger partial charge in [0, 0.05) is 20.7 Å². The zero-order valence-corrected chi connectivity index (χ0v) is 12.3. The van der Waals surface area contributed by atoms with E-state index < -0.39 is 0 Å². The Morgan fingerprint density at radius 1 is 1.26 bits per heavy atom. The van der Waals surface area contributed by atoms with Crippen LogP contribution < -0.4 is 10.6 Å². The van der Waals surface area contributed by atoms with Crippen LogP contribution in [-0.4, -0.2) is 32.8 Å². The van der Waals surface area contributed by atoms with Crippen molar-refractivity contribution in [1.29, 1.82) is 0 Å². The zero-order chi connectivity index (χ0) is 14.1. The monoisotopic (exact) mass is 263 g/mol. The third kappa shape index (κ3) is 5.75. The fraction of sp³-hybridized carbons (Fsp3) is 0.533. The lowest BCUT2D eigenvalue weighted by Crippen LogP contribution is -2.39. The standard InChI is InChI=1S/C15H25N3O/c1-12(19-4)10-11-17-15(16-3)18-13(2)14-8-6-5-7-9-14/h5-9,12-13H,10-11H2,1-4H3,(H2,16,17,18). The third-order valence-electron chi connectivity index (χ3n) is 3.12. The topological polar surface area (TPSA) is 45.7 Å². The number of methoxy groups -OCH3 is 1. The smallest absolute Gasteiger partial charge is 0.191 e. The number of hydrogen-bond acceptors (Lipinski definition) is 2. The van der Waals surface area contributed by atoms with Crippen molar-refractivity contribution in [3.8, 4) is 0 Å². The molecule has 0 amide bonds. The highest BCUT2D eigenvalue weighted by atomic mass is 16.5. The lowest BCUT2D eigenvalue weighted by Gasteiger charge is -2.19. The molecular formula is C15H25N3O. The molecule has 1 aromatic rings. The molecular weight excluding hydrogens is 238 g/mol. The van der Waals surface area contributed by atoms with Crippen LogP contribution in [0.1, 0.15) is 31.9 Å². The molecule has 2 unspecified atom stereocenters. The van der Waals surface area contributed by atoms with Crippen molar-refractivity contribution >= 4 is 5.96 Å². The molecule has 0 saturated carbocycles. The number of guanidine groups is 1. The first kappa shape index (κ1) is 15.5. The molecule has 0 fully saturated rings. The minimum atomic E-state index is 0.229. The van der Waals surface area contributed by atoms with Crippen LogP contribution in [-0.2, 0) is 4.74 Å². The Morgan fingerprint density at radius 3 is 2.53 bits per heavy atom. The highest BCUT2D eigenvalue weighted by Gasteiger charge is 2.07. The first-order valence-corrected chi connectivity index (χ1v) is 6.72. The molecule has 0 aliphatic carbocycles. The summed E-state index contributed by atoms with van der Waals surface area (Å²) < 4.78 is 5.22. The Bertz CT molecular complexity index is 378. The molecule has 0 spiro atoms. The lowest BCUT2D eigenvalue weighted by molar-refractivity contribution is 0.112. The summed E-state index contributed by atoms with van der Waals surface area (Å²) >= 11 is 0. The van der Waals surface area contributed by atoms with E-state index in [1.165, 1.54) is 5.56 Å². The largest absolute Gasteiger partial charge is 0.382 e. The molecule has 4 nitrogen and oxygen atoms in total. The minimum absolute atomic E-state index is 0.229. The van der Waals surface area contributed by atoms with Gasteiger partial charge in [-0.2, -0.15) is 0 Å². The molecule has 106 valence electrons. The normalized spacial score (nSPS) is 14.8. The Hall–Kier alpha value is -1.55. The summed E-state index contributed by atoms with van der Waals surface area (Å²) in [5, 5.41) is 6.67. The van der Waals surface area contributed by atoms with Crippen LogP contribution >= 0.6 is 0 Å². The summed E-state index contributed by atoms with van der Waals surface area (Å²) in [5.41, 5.74) is 1.25. The van der Waals surface area contributed by atoms with Crippen molar-refractivity contribution < 1.29 is 4.74 Å². The van der Waals surface area contributed by atoms with Gasteiger partial charge in [-0.3, -0.25) is 4.99 Å². The van der Waals surface area contributed by atoms with E-state index in [0.29, 0.717) is 0 Å². The Kier molecular flexibility index (Phi) is 6.97. The molecule has 0 radical (unpaired) electrons. The van der Waals surface area contributed by atoms with Gasteiger partial charge in [0.2, 0.25) is 0 Å². The first-order valence-electron chi connectivity index (χ1n) is 6.72. The van der Waals surface area contributed by atoms with Crippen LogP contribution in [0.2, 0.25) is 0 Å². The fourth-order valence-corrected chi connectivity index (χ4v) is 1.74. The molecule has 0 heterocycles. The van der Waals surface area contributed by atoms with Crippen molar-refractivity contribution in [1.82, 2.24) is 10.6 Å². The van der Waals surface area contributed by atoms with Gasteiger partial charge in [-0.1, -0.05) is 30.3 Å². The van der Waals surface area contributed by atoms with Gasteiger partial charge >= 0.3 is 0 Å². The van der Waals surface area contributed by atoms with E-state index in [-0.39, 0.29) is 12.1 Å². The highest BCUT2D eigenvalue weighted by molar-refractivity contribution is 5.80. The van der Waals surface area contributed by atoms with Gasteiger partial charge in [0.05, 0.1) is 12.1 Å². The summed E-state index contributed by atoms with van der Waals surface area (Å²) in [4.78, 5) is 4.23. The van der Waals surface area contributed by atoms with E-state index in [0.717, 1.165) is 18.9 Å².